The van der Waals surface area contributed by atoms with Crippen molar-refractivity contribution in [3.63, 3.8) is 0 Å². The molecule has 0 unspecified atom stereocenters. The first-order chi connectivity index (χ1) is 10.6. The summed E-state index contributed by atoms with van der Waals surface area (Å²) in [5, 5.41) is 3.36. The van der Waals surface area contributed by atoms with E-state index in [0.29, 0.717) is 15.9 Å². The van der Waals surface area contributed by atoms with Gasteiger partial charge in [0.05, 0.1) is 0 Å². The number of aryl methyl sites for hydroxylation is 1. The number of hydrogen-bond donors (Lipinski definition) is 1. The monoisotopic (exact) mass is 421 g/mol. The molecule has 0 atom stereocenters. The van der Waals surface area contributed by atoms with E-state index < -0.39 is 0 Å². The van der Waals surface area contributed by atoms with E-state index in [4.69, 9.17) is 0 Å². The van der Waals surface area contributed by atoms with Crippen molar-refractivity contribution in [3.8, 4) is 0 Å². The number of rotatable bonds is 3. The van der Waals surface area contributed by atoms with Crippen molar-refractivity contribution in [1.82, 2.24) is 9.38 Å². The van der Waals surface area contributed by atoms with Gasteiger partial charge in [-0.25, -0.2) is 0 Å². The first-order valence-corrected chi connectivity index (χ1v) is 8.41. The molecular weight excluding hydrogens is 410 g/mol. The summed E-state index contributed by atoms with van der Waals surface area (Å²) in [6.45, 7) is 2.10. The lowest BCUT2D eigenvalue weighted by molar-refractivity contribution is 1.06. The second-order valence-corrected chi connectivity index (χ2v) is 6.50. The van der Waals surface area contributed by atoms with Gasteiger partial charge in [0, 0.05) is 16.4 Å². The summed E-state index contributed by atoms with van der Waals surface area (Å²) in [5.41, 5.74) is 2.45. The highest BCUT2D eigenvalue weighted by Gasteiger charge is 2.12. The van der Waals surface area contributed by atoms with E-state index in [-0.39, 0.29) is 5.56 Å². The highest BCUT2D eigenvalue weighted by Crippen LogP contribution is 2.28. The first kappa shape index (κ1) is 15.2. The molecule has 2 heterocycles. The second-order valence-electron chi connectivity index (χ2n) is 4.79. The molecule has 0 amide bonds. The second kappa shape index (κ2) is 6.22. The van der Waals surface area contributed by atoms with Crippen LogP contribution in [0.15, 0.2) is 56.3 Å². The number of nitrogens with one attached hydrogen (secondary N) is 1. The van der Waals surface area contributed by atoms with Gasteiger partial charge in [0.15, 0.2) is 0 Å². The maximum atomic E-state index is 12.0. The Bertz CT molecular complexity index is 906. The first-order valence-electron chi connectivity index (χ1n) is 6.82. The molecule has 22 heavy (non-hydrogen) atoms. The van der Waals surface area contributed by atoms with Crippen molar-refractivity contribution in [3.05, 3.63) is 67.5 Å². The zero-order valence-corrected chi connectivity index (χ0v) is 15.0. The van der Waals surface area contributed by atoms with E-state index in [9.17, 15) is 4.79 Å². The third-order valence-corrected chi connectivity index (χ3v) is 4.60. The minimum atomic E-state index is -0.288. The van der Waals surface area contributed by atoms with E-state index in [1.165, 1.54) is 0 Å². The number of halogens is 2. The van der Waals surface area contributed by atoms with Crippen LogP contribution in [0.3, 0.4) is 0 Å². The maximum Gasteiger partial charge on any atom is 0.289 e. The molecule has 1 aromatic carbocycles. The number of hydrogen-bond acceptors (Lipinski definition) is 3. The Morgan fingerprint density at radius 3 is 2.82 bits per heavy atom. The van der Waals surface area contributed by atoms with Crippen LogP contribution in [0.2, 0.25) is 0 Å². The van der Waals surface area contributed by atoms with Gasteiger partial charge in [-0.1, -0.05) is 28.9 Å². The van der Waals surface area contributed by atoms with Crippen LogP contribution in [0, 0.1) is 0 Å². The van der Waals surface area contributed by atoms with Gasteiger partial charge in [-0.2, -0.15) is 4.98 Å². The molecule has 0 saturated heterocycles. The van der Waals surface area contributed by atoms with Gasteiger partial charge < -0.3 is 5.32 Å². The number of benzene rings is 1. The predicted molar refractivity (Wildman–Crippen MR) is 96.0 cm³/mol. The van der Waals surface area contributed by atoms with Crippen molar-refractivity contribution in [2.75, 3.05) is 5.32 Å². The van der Waals surface area contributed by atoms with Crippen LogP contribution in [0.4, 0.5) is 11.5 Å². The normalized spacial score (nSPS) is 10.9. The Hall–Kier alpha value is -1.66. The fourth-order valence-electron chi connectivity index (χ4n) is 2.29. The smallest absolute Gasteiger partial charge is 0.289 e. The van der Waals surface area contributed by atoms with Gasteiger partial charge in [0.2, 0.25) is 0 Å². The summed E-state index contributed by atoms with van der Waals surface area (Å²) in [6.07, 6.45) is 2.76. The number of anilines is 2. The van der Waals surface area contributed by atoms with E-state index in [1.54, 1.807) is 6.07 Å². The number of fused-ring (bicyclic) bond motifs is 1. The van der Waals surface area contributed by atoms with Crippen LogP contribution in [0.1, 0.15) is 12.5 Å². The van der Waals surface area contributed by atoms with Crippen LogP contribution in [0.25, 0.3) is 5.65 Å². The zero-order valence-electron chi connectivity index (χ0n) is 11.8. The molecule has 112 valence electrons. The Morgan fingerprint density at radius 1 is 1.23 bits per heavy atom. The maximum absolute atomic E-state index is 12.0. The summed E-state index contributed by atoms with van der Waals surface area (Å²) in [4.78, 5) is 16.1. The molecule has 0 radical (unpaired) electrons. The molecule has 1 N–H and O–H groups in total. The molecule has 3 aromatic rings. The van der Waals surface area contributed by atoms with Crippen molar-refractivity contribution in [2.45, 2.75) is 13.3 Å². The van der Waals surface area contributed by atoms with Crippen molar-refractivity contribution in [2.24, 2.45) is 0 Å². The van der Waals surface area contributed by atoms with Crippen LogP contribution in [-0.4, -0.2) is 9.38 Å². The number of aromatic nitrogens is 2. The molecule has 0 bridgehead atoms. The van der Waals surface area contributed by atoms with Gasteiger partial charge in [-0.05, 0) is 58.2 Å². The van der Waals surface area contributed by atoms with Crippen molar-refractivity contribution < 1.29 is 0 Å². The molecule has 0 aliphatic carbocycles. The highest BCUT2D eigenvalue weighted by molar-refractivity contribution is 9.10. The van der Waals surface area contributed by atoms with Gasteiger partial charge in [-0.15, -0.1) is 0 Å². The Labute approximate surface area is 144 Å². The van der Waals surface area contributed by atoms with Crippen LogP contribution >= 0.6 is 31.9 Å². The predicted octanol–water partition coefficient (Wildman–Crippen LogP) is 4.53. The van der Waals surface area contributed by atoms with E-state index in [0.717, 1.165) is 22.1 Å². The Balaban J connectivity index is 2.19. The van der Waals surface area contributed by atoms with Crippen LogP contribution < -0.4 is 10.9 Å². The molecule has 0 saturated carbocycles. The van der Waals surface area contributed by atoms with E-state index in [2.05, 4.69) is 55.2 Å². The quantitative estimate of drug-likeness (QED) is 0.674. The summed E-state index contributed by atoms with van der Waals surface area (Å²) in [6, 6.07) is 11.6. The molecule has 0 aliphatic heterocycles. The van der Waals surface area contributed by atoms with Gasteiger partial charge in [0.1, 0.15) is 15.9 Å². The number of nitrogens with zero attached hydrogens (tertiary/aromatic N) is 2. The van der Waals surface area contributed by atoms with E-state index >= 15 is 0 Å². The standard InChI is InChI=1S/C16H13Br2N3O/c1-2-10-9-11(17)6-7-12(10)19-15-14(18)16(22)20-13-5-3-4-8-21(13)15/h3-9,19H,2H2,1H3. The Kier molecular flexibility index (Phi) is 4.31. The third-order valence-electron chi connectivity index (χ3n) is 3.39. The van der Waals surface area contributed by atoms with Gasteiger partial charge in [-0.3, -0.25) is 9.20 Å². The van der Waals surface area contributed by atoms with E-state index in [1.807, 2.05) is 34.9 Å². The molecule has 4 nitrogen and oxygen atoms in total. The molecule has 0 aliphatic rings. The van der Waals surface area contributed by atoms with Crippen molar-refractivity contribution in [1.29, 1.82) is 0 Å². The fraction of sp³-hybridized carbons (Fsp3) is 0.125. The number of pyridine rings is 1. The molecule has 3 rings (SSSR count). The molecule has 0 fully saturated rings. The summed E-state index contributed by atoms with van der Waals surface area (Å²) in [7, 11) is 0. The highest BCUT2D eigenvalue weighted by atomic mass is 79.9. The van der Waals surface area contributed by atoms with Crippen LogP contribution in [-0.2, 0) is 6.42 Å². The SMILES string of the molecule is CCc1cc(Br)ccc1Nc1c(Br)c(=O)nc2ccccn12. The lowest BCUT2D eigenvalue weighted by atomic mass is 10.1. The summed E-state index contributed by atoms with van der Waals surface area (Å²) in [5.74, 6) is 0.674. The van der Waals surface area contributed by atoms with Crippen LogP contribution in [0.5, 0.6) is 0 Å². The minimum Gasteiger partial charge on any atom is -0.340 e. The lowest BCUT2D eigenvalue weighted by Gasteiger charge is -2.15. The summed E-state index contributed by atoms with van der Waals surface area (Å²) >= 11 is 6.84. The topological polar surface area (TPSA) is 46.4 Å². The van der Waals surface area contributed by atoms with Gasteiger partial charge >= 0.3 is 0 Å². The average molecular weight is 423 g/mol. The van der Waals surface area contributed by atoms with Gasteiger partial charge in [0.25, 0.3) is 5.56 Å². The fourth-order valence-corrected chi connectivity index (χ4v) is 3.08. The lowest BCUT2D eigenvalue weighted by Crippen LogP contribution is -2.14. The zero-order chi connectivity index (χ0) is 15.7. The molecular formula is C16H13Br2N3O. The minimum absolute atomic E-state index is 0.288. The molecule has 6 heteroatoms. The average Bonchev–Trinajstić information content (AvgIpc) is 2.53. The summed E-state index contributed by atoms with van der Waals surface area (Å²) < 4.78 is 3.30. The Morgan fingerprint density at radius 2 is 2.05 bits per heavy atom. The largest absolute Gasteiger partial charge is 0.340 e. The third kappa shape index (κ3) is 2.80. The molecule has 0 spiro atoms. The van der Waals surface area contributed by atoms with Crippen molar-refractivity contribution >= 4 is 49.0 Å². The molecule has 2 aromatic heterocycles.